The number of methoxy groups -OCH3 is 1. The first kappa shape index (κ1) is 18.8. The fourth-order valence-corrected chi connectivity index (χ4v) is 2.85. The van der Waals surface area contributed by atoms with E-state index in [9.17, 15) is 15.2 Å². The maximum Gasteiger partial charge on any atom is 0.262 e. The van der Waals surface area contributed by atoms with Gasteiger partial charge in [-0.25, -0.2) is 0 Å². The quantitative estimate of drug-likeness (QED) is 0.564. The van der Waals surface area contributed by atoms with Gasteiger partial charge in [-0.1, -0.05) is 23.7 Å². The van der Waals surface area contributed by atoms with E-state index >= 15 is 0 Å². The molecule has 0 spiro atoms. The summed E-state index contributed by atoms with van der Waals surface area (Å²) in [5.41, 5.74) is 0.994. The van der Waals surface area contributed by atoms with Crippen molar-refractivity contribution in [3.05, 3.63) is 62.6 Å². The lowest BCUT2D eigenvalue weighted by Crippen LogP contribution is -2.23. The van der Waals surface area contributed by atoms with E-state index in [0.717, 1.165) is 11.3 Å². The van der Waals surface area contributed by atoms with Gasteiger partial charge in [-0.15, -0.1) is 0 Å². The highest BCUT2D eigenvalue weighted by Crippen LogP contribution is 2.32. The van der Waals surface area contributed by atoms with Crippen LogP contribution in [0.4, 0.5) is 0 Å². The molecule has 0 unspecified atom stereocenters. The van der Waals surface area contributed by atoms with E-state index in [1.807, 2.05) is 18.2 Å². The molecule has 0 saturated heterocycles. The summed E-state index contributed by atoms with van der Waals surface area (Å²) in [4.78, 5) is 12.2. The van der Waals surface area contributed by atoms with Gasteiger partial charge in [-0.2, -0.15) is 5.26 Å². The van der Waals surface area contributed by atoms with Crippen LogP contribution < -0.4 is 10.1 Å². The molecule has 0 fully saturated rings. The minimum Gasteiger partial charge on any atom is -0.506 e. The summed E-state index contributed by atoms with van der Waals surface area (Å²) in [6.45, 7) is 0.257. The summed E-state index contributed by atoms with van der Waals surface area (Å²) < 4.78 is 5.45. The summed E-state index contributed by atoms with van der Waals surface area (Å²) in [6.07, 6.45) is 1.29. The Morgan fingerprint density at radius 3 is 2.68 bits per heavy atom. The van der Waals surface area contributed by atoms with E-state index in [2.05, 4.69) is 21.2 Å². The Kier molecular flexibility index (Phi) is 6.45. The second-order valence-electron chi connectivity index (χ2n) is 5.03. The second kappa shape index (κ2) is 8.56. The Morgan fingerprint density at radius 1 is 1.40 bits per heavy atom. The van der Waals surface area contributed by atoms with Crippen molar-refractivity contribution in [2.75, 3.05) is 7.11 Å². The van der Waals surface area contributed by atoms with Gasteiger partial charge < -0.3 is 15.2 Å². The van der Waals surface area contributed by atoms with Crippen LogP contribution in [0.25, 0.3) is 6.08 Å². The standard InChI is InChI=1S/C18H14BrClN2O3/c1-25-15-4-2-11(3-5-15)10-22-18(24)13(9-21)6-12-7-14(20)8-16(19)17(12)23/h2-8,23H,10H2,1H3,(H,22,24)/b13-6-. The van der Waals surface area contributed by atoms with Crippen molar-refractivity contribution in [2.24, 2.45) is 0 Å². The molecule has 2 aromatic carbocycles. The Balaban J connectivity index is 2.14. The number of nitriles is 1. The summed E-state index contributed by atoms with van der Waals surface area (Å²) in [5, 5.41) is 22.3. The molecule has 0 heterocycles. The molecule has 0 aliphatic heterocycles. The zero-order chi connectivity index (χ0) is 18.4. The number of nitrogens with zero attached hydrogens (tertiary/aromatic N) is 1. The van der Waals surface area contributed by atoms with Crippen LogP contribution in [0.1, 0.15) is 11.1 Å². The second-order valence-corrected chi connectivity index (χ2v) is 6.32. The van der Waals surface area contributed by atoms with Crippen molar-refractivity contribution in [3.63, 3.8) is 0 Å². The van der Waals surface area contributed by atoms with Crippen LogP contribution in [0.3, 0.4) is 0 Å². The number of benzene rings is 2. The third kappa shape index (κ3) is 4.99. The SMILES string of the molecule is COc1ccc(CNC(=O)/C(C#N)=C\c2cc(Cl)cc(Br)c2O)cc1. The van der Waals surface area contributed by atoms with Crippen molar-refractivity contribution in [1.29, 1.82) is 5.26 Å². The molecule has 0 aliphatic rings. The molecule has 0 aromatic heterocycles. The van der Waals surface area contributed by atoms with Crippen LogP contribution in [0.5, 0.6) is 11.5 Å². The first-order valence-corrected chi connectivity index (χ1v) is 8.32. The van der Waals surface area contributed by atoms with E-state index < -0.39 is 5.91 Å². The van der Waals surface area contributed by atoms with Gasteiger partial charge in [0.25, 0.3) is 5.91 Å². The number of ether oxygens (including phenoxy) is 1. The number of carbonyl (C=O) groups excluding carboxylic acids is 1. The van der Waals surface area contributed by atoms with Crippen molar-refractivity contribution in [2.45, 2.75) is 6.54 Å². The van der Waals surface area contributed by atoms with Crippen molar-refractivity contribution < 1.29 is 14.6 Å². The maximum atomic E-state index is 12.2. The third-order valence-corrected chi connectivity index (χ3v) is 4.16. The number of amides is 1. The van der Waals surface area contributed by atoms with E-state index in [4.69, 9.17) is 16.3 Å². The largest absolute Gasteiger partial charge is 0.506 e. The fraction of sp³-hybridized carbons (Fsp3) is 0.111. The van der Waals surface area contributed by atoms with Crippen LogP contribution in [-0.2, 0) is 11.3 Å². The predicted octanol–water partition coefficient (Wildman–Crippen LogP) is 4.04. The highest BCUT2D eigenvalue weighted by Gasteiger charge is 2.12. The topological polar surface area (TPSA) is 82.3 Å². The fourth-order valence-electron chi connectivity index (χ4n) is 2.02. The molecule has 0 saturated carbocycles. The number of aromatic hydroxyl groups is 1. The van der Waals surface area contributed by atoms with Crippen molar-refractivity contribution >= 4 is 39.5 Å². The van der Waals surface area contributed by atoms with Gasteiger partial charge in [0.2, 0.25) is 0 Å². The molecule has 5 nitrogen and oxygen atoms in total. The van der Waals surface area contributed by atoms with Gasteiger partial charge in [0.05, 0.1) is 11.6 Å². The average Bonchev–Trinajstić information content (AvgIpc) is 2.61. The number of phenolic OH excluding ortho intramolecular Hbond substituents is 1. The van der Waals surface area contributed by atoms with Gasteiger partial charge in [0.1, 0.15) is 23.1 Å². The van der Waals surface area contributed by atoms with Crippen molar-refractivity contribution in [3.8, 4) is 17.6 Å². The molecule has 2 rings (SSSR count). The van der Waals surface area contributed by atoms with Crippen LogP contribution in [0, 0.1) is 11.3 Å². The molecule has 25 heavy (non-hydrogen) atoms. The highest BCUT2D eigenvalue weighted by molar-refractivity contribution is 9.10. The van der Waals surface area contributed by atoms with E-state index in [-0.39, 0.29) is 23.4 Å². The first-order chi connectivity index (χ1) is 11.9. The molecular weight excluding hydrogens is 408 g/mol. The molecule has 7 heteroatoms. The smallest absolute Gasteiger partial charge is 0.262 e. The number of nitrogens with one attached hydrogen (secondary N) is 1. The monoisotopic (exact) mass is 420 g/mol. The van der Waals surface area contributed by atoms with E-state index in [1.165, 1.54) is 18.2 Å². The number of phenols is 1. The Bertz CT molecular complexity index is 858. The number of rotatable bonds is 5. The number of halogens is 2. The summed E-state index contributed by atoms with van der Waals surface area (Å²) in [5.74, 6) is 0.0728. The number of carbonyl (C=O) groups is 1. The summed E-state index contributed by atoms with van der Waals surface area (Å²) >= 11 is 9.09. The highest BCUT2D eigenvalue weighted by atomic mass is 79.9. The molecule has 1 amide bonds. The molecule has 2 N–H and O–H groups in total. The zero-order valence-corrected chi connectivity index (χ0v) is 15.6. The van der Waals surface area contributed by atoms with Crippen molar-refractivity contribution in [1.82, 2.24) is 5.32 Å². The lowest BCUT2D eigenvalue weighted by molar-refractivity contribution is -0.117. The normalized spacial score (nSPS) is 10.9. The van der Waals surface area contributed by atoms with Gasteiger partial charge in [0.15, 0.2) is 0 Å². The lowest BCUT2D eigenvalue weighted by Gasteiger charge is -2.07. The third-order valence-electron chi connectivity index (χ3n) is 3.33. The van der Waals surface area contributed by atoms with Crippen LogP contribution in [0.15, 0.2) is 46.4 Å². The minimum atomic E-state index is -0.547. The lowest BCUT2D eigenvalue weighted by atomic mass is 10.1. The molecule has 0 radical (unpaired) electrons. The molecule has 2 aromatic rings. The molecule has 128 valence electrons. The summed E-state index contributed by atoms with van der Waals surface area (Å²) in [6, 6.07) is 12.0. The number of hydrogen-bond acceptors (Lipinski definition) is 4. The molecule has 0 atom stereocenters. The van der Waals surface area contributed by atoms with Crippen LogP contribution >= 0.6 is 27.5 Å². The van der Waals surface area contributed by atoms with Gasteiger partial charge >= 0.3 is 0 Å². The average molecular weight is 422 g/mol. The predicted molar refractivity (Wildman–Crippen MR) is 99.2 cm³/mol. The van der Waals surface area contributed by atoms with Crippen LogP contribution in [-0.4, -0.2) is 18.1 Å². The zero-order valence-electron chi connectivity index (χ0n) is 13.2. The molecule has 0 bridgehead atoms. The Morgan fingerprint density at radius 2 is 2.08 bits per heavy atom. The van der Waals surface area contributed by atoms with Gasteiger partial charge in [0, 0.05) is 17.1 Å². The number of hydrogen-bond donors (Lipinski definition) is 2. The Labute approximate surface area is 158 Å². The van der Waals surface area contributed by atoms with E-state index in [0.29, 0.717) is 9.50 Å². The minimum absolute atomic E-state index is 0.0971. The van der Waals surface area contributed by atoms with E-state index in [1.54, 1.807) is 19.2 Å². The first-order valence-electron chi connectivity index (χ1n) is 7.15. The van der Waals surface area contributed by atoms with Crippen LogP contribution in [0.2, 0.25) is 5.02 Å². The summed E-state index contributed by atoms with van der Waals surface area (Å²) in [7, 11) is 1.57. The maximum absolute atomic E-state index is 12.2. The molecule has 0 aliphatic carbocycles. The Hall–Kier alpha value is -2.49. The van der Waals surface area contributed by atoms with Gasteiger partial charge in [-0.3, -0.25) is 4.79 Å². The molecular formula is C18H14BrClN2O3. The van der Waals surface area contributed by atoms with Gasteiger partial charge in [-0.05, 0) is 51.8 Å².